The number of rotatable bonds is 1. The molecule has 1 aromatic rings. The van der Waals surface area contributed by atoms with Gasteiger partial charge in [-0.25, -0.2) is 0 Å². The molecule has 86 valence electrons. The first-order valence-corrected chi connectivity index (χ1v) is 5.96. The molecule has 0 fully saturated rings. The second kappa shape index (κ2) is 5.31. The molecule has 3 heteroatoms. The van der Waals surface area contributed by atoms with Crippen molar-refractivity contribution < 1.29 is 0 Å². The number of aromatic nitrogens is 2. The van der Waals surface area contributed by atoms with Crippen LogP contribution in [-0.4, -0.2) is 28.3 Å². The highest BCUT2D eigenvalue weighted by Crippen LogP contribution is 2.19. The summed E-state index contributed by atoms with van der Waals surface area (Å²) in [6.07, 6.45) is 1.04. The SMILES string of the molecule is CC.CCc1cc2n(n1)C(C)CN(C)C2. The van der Waals surface area contributed by atoms with Crippen molar-refractivity contribution in [2.24, 2.45) is 0 Å². The molecule has 2 rings (SSSR count). The summed E-state index contributed by atoms with van der Waals surface area (Å²) in [4.78, 5) is 2.35. The van der Waals surface area contributed by atoms with E-state index in [9.17, 15) is 0 Å². The van der Waals surface area contributed by atoms with Gasteiger partial charge in [0, 0.05) is 13.1 Å². The molecule has 0 saturated carbocycles. The average Bonchev–Trinajstić information content (AvgIpc) is 2.64. The average molecular weight is 209 g/mol. The number of nitrogens with zero attached hydrogens (tertiary/aromatic N) is 3. The molecule has 0 aliphatic carbocycles. The lowest BCUT2D eigenvalue weighted by atomic mass is 10.2. The van der Waals surface area contributed by atoms with Crippen molar-refractivity contribution in [2.75, 3.05) is 13.6 Å². The van der Waals surface area contributed by atoms with E-state index in [4.69, 9.17) is 0 Å². The summed E-state index contributed by atoms with van der Waals surface area (Å²) in [5.41, 5.74) is 2.58. The highest BCUT2D eigenvalue weighted by Gasteiger charge is 2.20. The van der Waals surface area contributed by atoms with Gasteiger partial charge in [-0.2, -0.15) is 5.10 Å². The molecule has 15 heavy (non-hydrogen) atoms. The summed E-state index contributed by atoms with van der Waals surface area (Å²) in [5.74, 6) is 0. The maximum Gasteiger partial charge on any atom is 0.0625 e. The Labute approximate surface area is 93.1 Å². The minimum atomic E-state index is 0.522. The molecular weight excluding hydrogens is 186 g/mol. The second-order valence-electron chi connectivity index (χ2n) is 3.97. The Kier molecular flexibility index (Phi) is 4.33. The summed E-state index contributed by atoms with van der Waals surface area (Å²) in [6.45, 7) is 10.5. The number of hydrogen-bond acceptors (Lipinski definition) is 2. The molecule has 0 radical (unpaired) electrons. The van der Waals surface area contributed by atoms with Crippen LogP contribution in [0.2, 0.25) is 0 Å². The standard InChI is InChI=1S/C10H17N3.C2H6/c1-4-9-5-10-7-12(3)6-8(2)13(10)11-9;1-2/h5,8H,4,6-7H2,1-3H3;1-2H3. The zero-order chi connectivity index (χ0) is 11.4. The zero-order valence-electron chi connectivity index (χ0n) is 10.6. The second-order valence-corrected chi connectivity index (χ2v) is 3.97. The molecule has 1 aliphatic rings. The van der Waals surface area contributed by atoms with Crippen molar-refractivity contribution in [3.63, 3.8) is 0 Å². The van der Waals surface area contributed by atoms with E-state index in [1.165, 1.54) is 11.4 Å². The third-order valence-corrected chi connectivity index (χ3v) is 2.65. The van der Waals surface area contributed by atoms with E-state index in [1.807, 2.05) is 13.8 Å². The molecular formula is C12H23N3. The van der Waals surface area contributed by atoms with E-state index in [-0.39, 0.29) is 0 Å². The topological polar surface area (TPSA) is 21.1 Å². The Morgan fingerprint density at radius 2 is 2.13 bits per heavy atom. The minimum absolute atomic E-state index is 0.522. The Morgan fingerprint density at radius 3 is 2.73 bits per heavy atom. The quantitative estimate of drug-likeness (QED) is 0.708. The fraction of sp³-hybridized carbons (Fsp3) is 0.750. The predicted octanol–water partition coefficient (Wildman–Crippen LogP) is 2.48. The van der Waals surface area contributed by atoms with Crippen LogP contribution in [0.3, 0.4) is 0 Å². The van der Waals surface area contributed by atoms with Gasteiger partial charge in [0.05, 0.1) is 17.4 Å². The van der Waals surface area contributed by atoms with E-state index in [0.29, 0.717) is 6.04 Å². The molecule has 1 aromatic heterocycles. The summed E-state index contributed by atoms with van der Waals surface area (Å²) in [5, 5.41) is 4.57. The van der Waals surface area contributed by atoms with Crippen LogP contribution in [-0.2, 0) is 13.0 Å². The molecule has 1 unspecified atom stereocenters. The van der Waals surface area contributed by atoms with E-state index in [2.05, 4.69) is 41.6 Å². The molecule has 3 nitrogen and oxygen atoms in total. The van der Waals surface area contributed by atoms with Gasteiger partial charge in [0.25, 0.3) is 0 Å². The third-order valence-electron chi connectivity index (χ3n) is 2.65. The number of likely N-dealkylation sites (N-methyl/N-ethyl adjacent to an activating group) is 1. The van der Waals surface area contributed by atoms with Crippen molar-refractivity contribution in [2.45, 2.75) is 46.7 Å². The van der Waals surface area contributed by atoms with Crippen LogP contribution in [0.1, 0.15) is 45.1 Å². The molecule has 0 N–H and O–H groups in total. The lowest BCUT2D eigenvalue weighted by Crippen LogP contribution is -2.33. The van der Waals surface area contributed by atoms with Crippen LogP contribution in [0, 0.1) is 0 Å². The van der Waals surface area contributed by atoms with E-state index < -0.39 is 0 Å². The first-order valence-electron chi connectivity index (χ1n) is 5.96. The van der Waals surface area contributed by atoms with Crippen LogP contribution in [0.4, 0.5) is 0 Å². The van der Waals surface area contributed by atoms with Gasteiger partial charge in [0.15, 0.2) is 0 Å². The van der Waals surface area contributed by atoms with Gasteiger partial charge in [0.1, 0.15) is 0 Å². The van der Waals surface area contributed by atoms with Gasteiger partial charge in [0.2, 0.25) is 0 Å². The molecule has 0 amide bonds. The number of hydrogen-bond donors (Lipinski definition) is 0. The van der Waals surface area contributed by atoms with Gasteiger partial charge in [-0.05, 0) is 26.5 Å². The summed E-state index contributed by atoms with van der Waals surface area (Å²) < 4.78 is 2.18. The molecule has 0 spiro atoms. The first kappa shape index (κ1) is 12.2. The molecule has 0 bridgehead atoms. The summed E-state index contributed by atoms with van der Waals surface area (Å²) >= 11 is 0. The maximum atomic E-state index is 4.57. The molecule has 2 heterocycles. The zero-order valence-corrected chi connectivity index (χ0v) is 10.6. The van der Waals surface area contributed by atoms with Crippen LogP contribution in [0.5, 0.6) is 0 Å². The van der Waals surface area contributed by atoms with Crippen LogP contribution in [0.25, 0.3) is 0 Å². The molecule has 0 aromatic carbocycles. The third kappa shape index (κ3) is 2.59. The summed E-state index contributed by atoms with van der Waals surface area (Å²) in [6, 6.07) is 2.75. The first-order chi connectivity index (χ1) is 7.20. The van der Waals surface area contributed by atoms with Crippen molar-refractivity contribution in [1.82, 2.24) is 14.7 Å². The van der Waals surface area contributed by atoms with Gasteiger partial charge in [-0.15, -0.1) is 0 Å². The Morgan fingerprint density at radius 1 is 1.47 bits per heavy atom. The van der Waals surface area contributed by atoms with Crippen LogP contribution in [0.15, 0.2) is 6.07 Å². The van der Waals surface area contributed by atoms with Gasteiger partial charge in [-0.3, -0.25) is 9.58 Å². The lowest BCUT2D eigenvalue weighted by molar-refractivity contribution is 0.220. The highest BCUT2D eigenvalue weighted by atomic mass is 15.4. The summed E-state index contributed by atoms with van der Waals surface area (Å²) in [7, 11) is 2.17. The largest absolute Gasteiger partial charge is 0.298 e. The molecule has 1 atom stereocenters. The van der Waals surface area contributed by atoms with Crippen molar-refractivity contribution in [1.29, 1.82) is 0 Å². The highest BCUT2D eigenvalue weighted by molar-refractivity contribution is 5.12. The Bertz CT molecular complexity index is 304. The van der Waals surface area contributed by atoms with Crippen LogP contribution < -0.4 is 0 Å². The van der Waals surface area contributed by atoms with Gasteiger partial charge in [-0.1, -0.05) is 20.8 Å². The number of aryl methyl sites for hydroxylation is 1. The van der Waals surface area contributed by atoms with E-state index in [0.717, 1.165) is 19.5 Å². The van der Waals surface area contributed by atoms with Crippen LogP contribution >= 0.6 is 0 Å². The normalized spacial score (nSPS) is 20.5. The monoisotopic (exact) mass is 209 g/mol. The van der Waals surface area contributed by atoms with Gasteiger partial charge < -0.3 is 0 Å². The Hall–Kier alpha value is -0.830. The molecule has 1 aliphatic heterocycles. The minimum Gasteiger partial charge on any atom is -0.298 e. The van der Waals surface area contributed by atoms with Crippen molar-refractivity contribution >= 4 is 0 Å². The smallest absolute Gasteiger partial charge is 0.0625 e. The van der Waals surface area contributed by atoms with Crippen molar-refractivity contribution in [3.8, 4) is 0 Å². The van der Waals surface area contributed by atoms with E-state index >= 15 is 0 Å². The maximum absolute atomic E-state index is 4.57. The van der Waals surface area contributed by atoms with E-state index in [1.54, 1.807) is 0 Å². The van der Waals surface area contributed by atoms with Crippen molar-refractivity contribution in [3.05, 3.63) is 17.5 Å². The number of fused-ring (bicyclic) bond motifs is 1. The Balaban J connectivity index is 0.000000531. The lowest BCUT2D eigenvalue weighted by Gasteiger charge is -2.28. The van der Waals surface area contributed by atoms with Gasteiger partial charge >= 0.3 is 0 Å². The predicted molar refractivity (Wildman–Crippen MR) is 64.0 cm³/mol. The fourth-order valence-corrected chi connectivity index (χ4v) is 2.03. The fourth-order valence-electron chi connectivity index (χ4n) is 2.03. The molecule has 0 saturated heterocycles.